The number of para-hydroxylation sites is 1. The van der Waals surface area contributed by atoms with Gasteiger partial charge >= 0.3 is 5.97 Å². The lowest BCUT2D eigenvalue weighted by Gasteiger charge is -2.20. The predicted octanol–water partition coefficient (Wildman–Crippen LogP) is 2.40. The van der Waals surface area contributed by atoms with Gasteiger partial charge in [-0.25, -0.2) is 4.79 Å². The van der Waals surface area contributed by atoms with Gasteiger partial charge in [0.1, 0.15) is 5.69 Å². The summed E-state index contributed by atoms with van der Waals surface area (Å²) in [7, 11) is 4.80. The molecule has 0 N–H and O–H groups in total. The molecule has 5 heteroatoms. The number of carbonyl (C=O) groups excluding carboxylic acids is 2. The minimum Gasteiger partial charge on any atom is -0.465 e. The van der Waals surface area contributed by atoms with Crippen LogP contribution in [0.25, 0.3) is 0 Å². The molecule has 2 aromatic rings. The summed E-state index contributed by atoms with van der Waals surface area (Å²) >= 11 is 0. The Labute approximate surface area is 123 Å². The minimum absolute atomic E-state index is 0.179. The molecular formula is C16H18N2O3. The summed E-state index contributed by atoms with van der Waals surface area (Å²) in [5, 5.41) is 0. The zero-order chi connectivity index (χ0) is 15.6. The van der Waals surface area contributed by atoms with Crippen LogP contribution in [0.15, 0.2) is 36.4 Å². The Morgan fingerprint density at radius 1 is 1.14 bits per heavy atom. The van der Waals surface area contributed by atoms with Gasteiger partial charge in [0.2, 0.25) is 0 Å². The van der Waals surface area contributed by atoms with Crippen LogP contribution in [0.4, 0.5) is 5.69 Å². The first-order valence-corrected chi connectivity index (χ1v) is 6.55. The van der Waals surface area contributed by atoms with Crippen molar-refractivity contribution in [3.05, 3.63) is 53.3 Å². The van der Waals surface area contributed by atoms with E-state index in [1.165, 1.54) is 12.0 Å². The van der Waals surface area contributed by atoms with E-state index in [-0.39, 0.29) is 5.91 Å². The van der Waals surface area contributed by atoms with Gasteiger partial charge in [0.25, 0.3) is 5.91 Å². The van der Waals surface area contributed by atoms with E-state index in [1.807, 2.05) is 24.6 Å². The first-order chi connectivity index (χ1) is 9.97. The van der Waals surface area contributed by atoms with Crippen LogP contribution in [-0.2, 0) is 11.8 Å². The molecule has 0 radical (unpaired) electrons. The number of esters is 1. The van der Waals surface area contributed by atoms with Crippen molar-refractivity contribution in [3.63, 3.8) is 0 Å². The van der Waals surface area contributed by atoms with Crippen LogP contribution >= 0.6 is 0 Å². The van der Waals surface area contributed by atoms with Crippen molar-refractivity contribution in [1.29, 1.82) is 0 Å². The zero-order valence-corrected chi connectivity index (χ0v) is 12.6. The van der Waals surface area contributed by atoms with E-state index in [2.05, 4.69) is 0 Å². The molecule has 0 aliphatic heterocycles. The highest BCUT2D eigenvalue weighted by molar-refractivity contribution is 6.08. The third-order valence-corrected chi connectivity index (χ3v) is 3.57. The Bertz CT molecular complexity index is 689. The maximum atomic E-state index is 12.6. The molecule has 0 unspecified atom stereocenters. The molecule has 2 rings (SSSR count). The lowest BCUT2D eigenvalue weighted by atomic mass is 10.1. The van der Waals surface area contributed by atoms with Crippen LogP contribution in [-0.4, -0.2) is 30.6 Å². The Balaban J connectivity index is 2.41. The summed E-state index contributed by atoms with van der Waals surface area (Å²) in [6.07, 6.45) is 0. The van der Waals surface area contributed by atoms with E-state index in [4.69, 9.17) is 4.74 Å². The highest BCUT2D eigenvalue weighted by Crippen LogP contribution is 2.22. The first kappa shape index (κ1) is 14.8. The van der Waals surface area contributed by atoms with Crippen molar-refractivity contribution in [2.45, 2.75) is 6.92 Å². The predicted molar refractivity (Wildman–Crippen MR) is 80.7 cm³/mol. The third-order valence-electron chi connectivity index (χ3n) is 3.57. The van der Waals surface area contributed by atoms with Crippen molar-refractivity contribution in [2.75, 3.05) is 19.1 Å². The molecular weight excluding hydrogens is 268 g/mol. The molecule has 0 aliphatic rings. The third kappa shape index (κ3) is 2.67. The molecule has 0 spiro atoms. The van der Waals surface area contributed by atoms with Crippen LogP contribution in [0.3, 0.4) is 0 Å². The van der Waals surface area contributed by atoms with Crippen molar-refractivity contribution < 1.29 is 14.3 Å². The smallest absolute Gasteiger partial charge is 0.339 e. The fourth-order valence-corrected chi connectivity index (χ4v) is 2.16. The first-order valence-electron chi connectivity index (χ1n) is 6.55. The molecule has 21 heavy (non-hydrogen) atoms. The van der Waals surface area contributed by atoms with Crippen molar-refractivity contribution in [1.82, 2.24) is 4.57 Å². The maximum Gasteiger partial charge on any atom is 0.339 e. The normalized spacial score (nSPS) is 10.3. The molecule has 0 saturated carbocycles. The number of methoxy groups -OCH3 is 1. The van der Waals surface area contributed by atoms with E-state index in [0.29, 0.717) is 16.9 Å². The number of aryl methyl sites for hydroxylation is 1. The zero-order valence-electron chi connectivity index (χ0n) is 12.6. The lowest BCUT2D eigenvalue weighted by Crippen LogP contribution is -2.29. The number of anilines is 1. The fraction of sp³-hybridized carbons (Fsp3) is 0.250. The monoisotopic (exact) mass is 286 g/mol. The molecule has 0 fully saturated rings. The fourth-order valence-electron chi connectivity index (χ4n) is 2.16. The van der Waals surface area contributed by atoms with Gasteiger partial charge in [-0.3, -0.25) is 4.79 Å². The summed E-state index contributed by atoms with van der Waals surface area (Å²) in [5.74, 6) is -0.643. The molecule has 1 heterocycles. The summed E-state index contributed by atoms with van der Waals surface area (Å²) in [6.45, 7) is 1.93. The van der Waals surface area contributed by atoms with Gasteiger partial charge in [-0.1, -0.05) is 12.1 Å². The molecule has 1 amide bonds. The second kappa shape index (κ2) is 5.83. The molecule has 0 saturated heterocycles. The van der Waals surface area contributed by atoms with E-state index < -0.39 is 5.97 Å². The Kier molecular flexibility index (Phi) is 4.12. The summed E-state index contributed by atoms with van der Waals surface area (Å²) in [6, 6.07) is 10.5. The number of carbonyl (C=O) groups is 2. The van der Waals surface area contributed by atoms with E-state index >= 15 is 0 Å². The Morgan fingerprint density at radius 2 is 1.81 bits per heavy atom. The van der Waals surface area contributed by atoms with Gasteiger partial charge in [-0.2, -0.15) is 0 Å². The van der Waals surface area contributed by atoms with Crippen LogP contribution in [0.5, 0.6) is 0 Å². The number of hydrogen-bond donors (Lipinski definition) is 0. The van der Waals surface area contributed by atoms with Gasteiger partial charge in [0.15, 0.2) is 0 Å². The van der Waals surface area contributed by atoms with Gasteiger partial charge < -0.3 is 14.2 Å². The number of aromatic nitrogens is 1. The average Bonchev–Trinajstić information content (AvgIpc) is 2.84. The molecule has 0 bridgehead atoms. The van der Waals surface area contributed by atoms with E-state index in [1.54, 1.807) is 37.4 Å². The van der Waals surface area contributed by atoms with Crippen molar-refractivity contribution in [2.24, 2.45) is 7.05 Å². The maximum absolute atomic E-state index is 12.6. The summed E-state index contributed by atoms with van der Waals surface area (Å²) < 4.78 is 6.58. The number of amides is 1. The standard InChI is InChI=1S/C16H18N2O3/c1-11-9-10-14(17(11)2)15(19)18(3)13-8-6-5-7-12(13)16(20)21-4/h5-10H,1-4H3. The van der Waals surface area contributed by atoms with Gasteiger partial charge in [0.05, 0.1) is 18.4 Å². The second-order valence-corrected chi connectivity index (χ2v) is 4.79. The average molecular weight is 286 g/mol. The number of rotatable bonds is 3. The largest absolute Gasteiger partial charge is 0.465 e. The Hall–Kier alpha value is -2.56. The van der Waals surface area contributed by atoms with E-state index in [9.17, 15) is 9.59 Å². The molecule has 0 aliphatic carbocycles. The summed E-state index contributed by atoms with van der Waals surface area (Å²) in [5.41, 5.74) is 2.44. The number of hydrogen-bond acceptors (Lipinski definition) is 3. The van der Waals surface area contributed by atoms with Crippen LogP contribution in [0.2, 0.25) is 0 Å². The molecule has 1 aromatic heterocycles. The minimum atomic E-state index is -0.465. The van der Waals surface area contributed by atoms with Crippen LogP contribution in [0, 0.1) is 6.92 Å². The van der Waals surface area contributed by atoms with Crippen LogP contribution < -0.4 is 4.90 Å². The van der Waals surface area contributed by atoms with Crippen molar-refractivity contribution in [3.8, 4) is 0 Å². The highest BCUT2D eigenvalue weighted by atomic mass is 16.5. The molecule has 1 aromatic carbocycles. The lowest BCUT2D eigenvalue weighted by molar-refractivity contribution is 0.0601. The van der Waals surface area contributed by atoms with Gasteiger partial charge in [-0.15, -0.1) is 0 Å². The molecule has 0 atom stereocenters. The number of benzene rings is 1. The van der Waals surface area contributed by atoms with Crippen LogP contribution in [0.1, 0.15) is 26.5 Å². The van der Waals surface area contributed by atoms with Gasteiger partial charge in [0, 0.05) is 19.8 Å². The molecule has 5 nitrogen and oxygen atoms in total. The van der Waals surface area contributed by atoms with Gasteiger partial charge in [-0.05, 0) is 31.2 Å². The number of nitrogens with zero attached hydrogens (tertiary/aromatic N) is 2. The quantitative estimate of drug-likeness (QED) is 0.814. The SMILES string of the molecule is COC(=O)c1ccccc1N(C)C(=O)c1ccc(C)n1C. The second-order valence-electron chi connectivity index (χ2n) is 4.79. The van der Waals surface area contributed by atoms with E-state index in [0.717, 1.165) is 5.69 Å². The molecule has 110 valence electrons. The van der Waals surface area contributed by atoms with Crippen molar-refractivity contribution >= 4 is 17.6 Å². The Morgan fingerprint density at radius 3 is 2.38 bits per heavy atom. The highest BCUT2D eigenvalue weighted by Gasteiger charge is 2.21. The summed E-state index contributed by atoms with van der Waals surface area (Å²) in [4.78, 5) is 25.9. The number of ether oxygens (including phenoxy) is 1. The topological polar surface area (TPSA) is 51.5 Å².